The maximum atomic E-state index is 15.0. The Morgan fingerprint density at radius 2 is 2.09 bits per heavy atom. The highest BCUT2D eigenvalue weighted by Gasteiger charge is 2.35. The zero-order valence-electron chi connectivity index (χ0n) is 19.4. The maximum Gasteiger partial charge on any atom is 0.243 e. The van der Waals surface area contributed by atoms with Crippen LogP contribution in [-0.4, -0.2) is 92.4 Å². The fourth-order valence-corrected chi connectivity index (χ4v) is 4.82. The average molecular weight is 484 g/mol. The molecule has 4 aromatic heterocycles. The highest BCUT2D eigenvalue weighted by molar-refractivity contribution is 5.87. The third-order valence-corrected chi connectivity index (χ3v) is 6.83. The highest BCUT2D eigenvalue weighted by Crippen LogP contribution is 2.30. The first kappa shape index (κ1) is 22.1. The van der Waals surface area contributed by atoms with Gasteiger partial charge in [-0.1, -0.05) is 0 Å². The summed E-state index contributed by atoms with van der Waals surface area (Å²) in [6.07, 6.45) is 3.36. The van der Waals surface area contributed by atoms with Crippen molar-refractivity contribution >= 4 is 22.9 Å². The number of nitrogens with zero attached hydrogens (tertiary/aromatic N) is 7. The molecule has 10 nitrogen and oxygen atoms in total. The third-order valence-electron chi connectivity index (χ3n) is 6.83. The molecule has 2 aliphatic heterocycles. The van der Waals surface area contributed by atoms with Gasteiger partial charge in [0, 0.05) is 38.3 Å². The number of rotatable bonds is 7. The second kappa shape index (κ2) is 9.00. The van der Waals surface area contributed by atoms with Gasteiger partial charge in [-0.2, -0.15) is 10.1 Å². The number of alkyl halides is 2. The van der Waals surface area contributed by atoms with Crippen LogP contribution in [0.3, 0.4) is 0 Å². The van der Waals surface area contributed by atoms with E-state index < -0.39 is 12.8 Å². The van der Waals surface area contributed by atoms with Crippen LogP contribution in [-0.2, 0) is 11.2 Å². The lowest BCUT2D eigenvalue weighted by atomic mass is 10.0. The molecular formula is C23H27F2N9O. The minimum absolute atomic E-state index is 0.247. The lowest BCUT2D eigenvalue weighted by Crippen LogP contribution is -2.57. The minimum Gasteiger partial charge on any atom is -0.378 e. The van der Waals surface area contributed by atoms with E-state index in [0.717, 1.165) is 17.6 Å². The molecule has 2 atom stereocenters. The number of anilines is 2. The third kappa shape index (κ3) is 3.96. The topological polar surface area (TPSA) is 96.9 Å². The largest absolute Gasteiger partial charge is 0.378 e. The molecule has 4 aromatic rings. The van der Waals surface area contributed by atoms with E-state index in [-0.39, 0.29) is 12.5 Å². The van der Waals surface area contributed by atoms with Crippen molar-refractivity contribution in [3.63, 3.8) is 0 Å². The SMILES string of the molecule is CNc1nc(N[C@H]2CCN(C3COC3)C[C@H]2F)nn2ccc(-c3ccc4ncc(CCF)n4n3)c12. The Morgan fingerprint density at radius 1 is 1.20 bits per heavy atom. The Morgan fingerprint density at radius 3 is 2.83 bits per heavy atom. The van der Waals surface area contributed by atoms with Crippen LogP contribution in [0.1, 0.15) is 12.1 Å². The summed E-state index contributed by atoms with van der Waals surface area (Å²) in [6, 6.07) is 5.61. The van der Waals surface area contributed by atoms with E-state index in [1.807, 2.05) is 24.4 Å². The van der Waals surface area contributed by atoms with Crippen LogP contribution in [0.15, 0.2) is 30.6 Å². The molecule has 2 fully saturated rings. The summed E-state index contributed by atoms with van der Waals surface area (Å²) in [6.45, 7) is 2.09. The molecule has 0 saturated carbocycles. The van der Waals surface area contributed by atoms with Gasteiger partial charge >= 0.3 is 0 Å². The van der Waals surface area contributed by atoms with Gasteiger partial charge < -0.3 is 15.4 Å². The van der Waals surface area contributed by atoms with E-state index in [2.05, 4.69) is 30.6 Å². The predicted octanol–water partition coefficient (Wildman–Crippen LogP) is 2.22. The van der Waals surface area contributed by atoms with Crippen molar-refractivity contribution < 1.29 is 13.5 Å². The fraction of sp³-hybridized carbons (Fsp3) is 0.478. The van der Waals surface area contributed by atoms with Crippen molar-refractivity contribution in [1.29, 1.82) is 0 Å². The van der Waals surface area contributed by atoms with Gasteiger partial charge in [0.1, 0.15) is 11.7 Å². The first-order chi connectivity index (χ1) is 17.1. The molecule has 2 saturated heterocycles. The number of halogens is 2. The van der Waals surface area contributed by atoms with Crippen LogP contribution in [0.5, 0.6) is 0 Å². The molecule has 2 aliphatic rings. The van der Waals surface area contributed by atoms with Gasteiger partial charge in [-0.15, -0.1) is 5.10 Å². The molecule has 6 rings (SSSR count). The lowest BCUT2D eigenvalue weighted by molar-refractivity contribution is -0.0794. The van der Waals surface area contributed by atoms with Crippen LogP contribution in [0.25, 0.3) is 22.4 Å². The Labute approximate surface area is 200 Å². The normalized spacial score (nSPS) is 21.5. The van der Waals surface area contributed by atoms with Crippen LogP contribution in [0.4, 0.5) is 20.5 Å². The van der Waals surface area contributed by atoms with E-state index in [1.165, 1.54) is 0 Å². The quantitative estimate of drug-likeness (QED) is 0.413. The second-order valence-electron chi connectivity index (χ2n) is 8.98. The molecule has 6 heterocycles. The van der Waals surface area contributed by atoms with Gasteiger partial charge in [0.15, 0.2) is 11.5 Å². The highest BCUT2D eigenvalue weighted by atomic mass is 19.1. The fourth-order valence-electron chi connectivity index (χ4n) is 4.82. The zero-order valence-corrected chi connectivity index (χ0v) is 19.4. The van der Waals surface area contributed by atoms with Crippen molar-refractivity contribution in [3.05, 3.63) is 36.3 Å². The molecule has 0 aliphatic carbocycles. The van der Waals surface area contributed by atoms with Gasteiger partial charge in [0.05, 0.1) is 49.6 Å². The molecule has 0 spiro atoms. The van der Waals surface area contributed by atoms with Crippen molar-refractivity contribution in [2.45, 2.75) is 31.1 Å². The van der Waals surface area contributed by atoms with Gasteiger partial charge in [0.25, 0.3) is 0 Å². The van der Waals surface area contributed by atoms with Gasteiger partial charge in [-0.05, 0) is 24.6 Å². The summed E-state index contributed by atoms with van der Waals surface area (Å²) in [4.78, 5) is 11.1. The number of piperidine rings is 1. The molecular weight excluding hydrogens is 456 g/mol. The number of hydrogen-bond acceptors (Lipinski definition) is 8. The van der Waals surface area contributed by atoms with Crippen molar-refractivity contribution in [2.24, 2.45) is 0 Å². The first-order valence-corrected chi connectivity index (χ1v) is 11.8. The molecule has 35 heavy (non-hydrogen) atoms. The van der Waals surface area contributed by atoms with Crippen molar-refractivity contribution in [2.75, 3.05) is 50.7 Å². The first-order valence-electron chi connectivity index (χ1n) is 11.8. The smallest absolute Gasteiger partial charge is 0.243 e. The van der Waals surface area contributed by atoms with E-state index >= 15 is 0 Å². The van der Waals surface area contributed by atoms with Gasteiger partial charge in [-0.3, -0.25) is 9.29 Å². The van der Waals surface area contributed by atoms with Crippen LogP contribution in [0.2, 0.25) is 0 Å². The van der Waals surface area contributed by atoms with E-state index in [4.69, 9.17) is 9.84 Å². The Hall–Kier alpha value is -3.38. The maximum absolute atomic E-state index is 15.0. The summed E-state index contributed by atoms with van der Waals surface area (Å²) in [5, 5.41) is 15.6. The summed E-state index contributed by atoms with van der Waals surface area (Å²) < 4.78 is 36.5. The summed E-state index contributed by atoms with van der Waals surface area (Å²) in [5.41, 5.74) is 3.63. The second-order valence-corrected chi connectivity index (χ2v) is 8.98. The van der Waals surface area contributed by atoms with Gasteiger partial charge in [0.2, 0.25) is 5.95 Å². The Balaban J connectivity index is 1.28. The molecule has 0 aromatic carbocycles. The van der Waals surface area contributed by atoms with Crippen molar-refractivity contribution in [1.82, 2.24) is 34.1 Å². The molecule has 2 N–H and O–H groups in total. The number of aromatic nitrogens is 6. The average Bonchev–Trinajstić information content (AvgIpc) is 3.43. The number of imidazole rings is 1. The molecule has 0 unspecified atom stereocenters. The minimum atomic E-state index is -1.02. The Bertz CT molecular complexity index is 1350. The number of nitrogens with one attached hydrogen (secondary N) is 2. The van der Waals surface area contributed by atoms with E-state index in [9.17, 15) is 8.78 Å². The predicted molar refractivity (Wildman–Crippen MR) is 127 cm³/mol. The number of hydrogen-bond donors (Lipinski definition) is 2. The molecule has 0 bridgehead atoms. The number of fused-ring (bicyclic) bond motifs is 2. The number of aryl methyl sites for hydroxylation is 1. The standard InChI is InChI=1S/C23H27F2N9O/c1-26-22-21-16(18-2-3-20-27-10-14(4-7-24)34(20)30-18)5-9-33(21)31-23(29-22)28-19-6-8-32(11-17(19)25)15-12-35-13-15/h2-3,5,9-10,15,17,19H,4,6-8,11-13H2,1H3,(H2,26,28,29,31)/t17-,19+/m1/s1. The lowest BCUT2D eigenvalue weighted by Gasteiger charge is -2.42. The summed E-state index contributed by atoms with van der Waals surface area (Å²) in [5.74, 6) is 0.957. The van der Waals surface area contributed by atoms with Crippen LogP contribution >= 0.6 is 0 Å². The summed E-state index contributed by atoms with van der Waals surface area (Å²) >= 11 is 0. The summed E-state index contributed by atoms with van der Waals surface area (Å²) in [7, 11) is 1.78. The van der Waals surface area contributed by atoms with Crippen LogP contribution < -0.4 is 10.6 Å². The molecule has 12 heteroatoms. The molecule has 0 radical (unpaired) electrons. The monoisotopic (exact) mass is 483 g/mol. The molecule has 0 amide bonds. The zero-order chi connectivity index (χ0) is 23.9. The van der Waals surface area contributed by atoms with Gasteiger partial charge in [-0.25, -0.2) is 18.4 Å². The van der Waals surface area contributed by atoms with E-state index in [0.29, 0.717) is 61.0 Å². The van der Waals surface area contributed by atoms with Crippen molar-refractivity contribution in [3.8, 4) is 11.3 Å². The number of ether oxygens (including phenoxy) is 1. The van der Waals surface area contributed by atoms with Crippen LogP contribution in [0, 0.1) is 0 Å². The Kier molecular flexibility index (Phi) is 5.69. The number of likely N-dealkylation sites (tertiary alicyclic amines) is 1. The molecule has 184 valence electrons. The van der Waals surface area contributed by atoms with E-state index in [1.54, 1.807) is 22.3 Å².